The summed E-state index contributed by atoms with van der Waals surface area (Å²) in [5, 5.41) is 0. The van der Waals surface area contributed by atoms with E-state index in [4.69, 9.17) is 19.1 Å². The summed E-state index contributed by atoms with van der Waals surface area (Å²) in [7, 11) is 4.40. The van der Waals surface area contributed by atoms with Gasteiger partial charge in [-0.3, -0.25) is 19.3 Å². The minimum absolute atomic E-state index is 0.0121. The Bertz CT molecular complexity index is 695. The highest BCUT2D eigenvalue weighted by Gasteiger charge is 2.55. The van der Waals surface area contributed by atoms with E-state index in [1.807, 2.05) is 18.9 Å². The summed E-state index contributed by atoms with van der Waals surface area (Å²) in [6.45, 7) is 4.67. The Kier molecular flexibility index (Phi) is 7.18. The SMILES string of the molecule is COC(=O)C1(C(=O)OC)CC2=C(C)CN(C)CC(=O)C(C)=C2C1.O=C=O. The van der Waals surface area contributed by atoms with E-state index in [2.05, 4.69) is 0 Å². The van der Waals surface area contributed by atoms with Crippen LogP contribution in [-0.2, 0) is 33.4 Å². The van der Waals surface area contributed by atoms with Crippen LogP contribution in [0, 0.1) is 5.41 Å². The fourth-order valence-electron chi connectivity index (χ4n) is 3.50. The lowest BCUT2D eigenvalue weighted by Gasteiger charge is -2.22. The van der Waals surface area contributed by atoms with E-state index < -0.39 is 17.4 Å². The van der Waals surface area contributed by atoms with Gasteiger partial charge < -0.3 is 9.47 Å². The van der Waals surface area contributed by atoms with Crippen LogP contribution in [0.25, 0.3) is 0 Å². The van der Waals surface area contributed by atoms with Crippen molar-refractivity contribution in [2.24, 2.45) is 5.41 Å². The minimum Gasteiger partial charge on any atom is -0.468 e. The number of fused-ring (bicyclic) bond motifs is 1. The van der Waals surface area contributed by atoms with Gasteiger partial charge in [0.2, 0.25) is 0 Å². The first kappa shape index (κ1) is 21.5. The lowest BCUT2D eigenvalue weighted by Crippen LogP contribution is -2.38. The van der Waals surface area contributed by atoms with E-state index in [-0.39, 0.29) is 24.8 Å². The Balaban J connectivity index is 0.00000105. The largest absolute Gasteiger partial charge is 0.468 e. The Labute approximate surface area is 151 Å². The lowest BCUT2D eigenvalue weighted by atomic mass is 9.85. The molecule has 26 heavy (non-hydrogen) atoms. The van der Waals surface area contributed by atoms with Crippen LogP contribution in [0.3, 0.4) is 0 Å². The van der Waals surface area contributed by atoms with Gasteiger partial charge in [-0.2, -0.15) is 9.59 Å². The van der Waals surface area contributed by atoms with Crippen molar-refractivity contribution in [2.45, 2.75) is 26.7 Å². The summed E-state index contributed by atoms with van der Waals surface area (Å²) in [5.74, 6) is -1.21. The second kappa shape index (κ2) is 8.69. The van der Waals surface area contributed by atoms with Gasteiger partial charge in [0.25, 0.3) is 0 Å². The summed E-state index contributed by atoms with van der Waals surface area (Å²) in [4.78, 5) is 55.2. The number of Topliss-reactive ketones (excluding diaryl/α,β-unsaturated/α-hetero) is 1. The number of carbonyl (C=O) groups is 3. The number of ketones is 1. The maximum Gasteiger partial charge on any atom is 0.373 e. The van der Waals surface area contributed by atoms with Crippen molar-refractivity contribution in [2.75, 3.05) is 34.4 Å². The summed E-state index contributed by atoms with van der Waals surface area (Å²) in [5.41, 5.74) is 1.97. The molecule has 2 rings (SSSR count). The third-order valence-corrected chi connectivity index (χ3v) is 4.78. The average molecular weight is 365 g/mol. The fraction of sp³-hybridized carbons (Fsp3) is 0.556. The lowest BCUT2D eigenvalue weighted by molar-refractivity contribution is -0.191. The Hall–Kier alpha value is -2.57. The van der Waals surface area contributed by atoms with Crippen LogP contribution in [0.4, 0.5) is 0 Å². The zero-order valence-electron chi connectivity index (χ0n) is 15.6. The molecular formula is C18H23NO7. The Morgan fingerprint density at radius 3 is 1.92 bits per heavy atom. The number of carbonyl (C=O) groups excluding carboxylic acids is 5. The monoisotopic (exact) mass is 365 g/mol. The molecule has 0 saturated heterocycles. The number of ether oxygens (including phenoxy) is 2. The zero-order chi connectivity index (χ0) is 20.1. The average Bonchev–Trinajstić information content (AvgIpc) is 3.01. The van der Waals surface area contributed by atoms with Gasteiger partial charge >= 0.3 is 18.1 Å². The zero-order valence-corrected chi connectivity index (χ0v) is 15.6. The standard InChI is InChI=1S/C17H23NO5.CO2/c1-10-8-18(3)9-14(19)11(2)13-7-17(6-12(10)13,15(20)22-4)16(21)23-5;2-1-3/h6-9H2,1-5H3;. The van der Waals surface area contributed by atoms with Gasteiger partial charge in [0, 0.05) is 13.0 Å². The summed E-state index contributed by atoms with van der Waals surface area (Å²) in [6.07, 6.45) is 0.617. The maximum atomic E-state index is 12.4. The molecule has 0 aromatic rings. The molecule has 1 heterocycles. The smallest absolute Gasteiger partial charge is 0.373 e. The molecule has 142 valence electrons. The van der Waals surface area contributed by atoms with E-state index in [1.165, 1.54) is 14.2 Å². The van der Waals surface area contributed by atoms with E-state index in [9.17, 15) is 14.4 Å². The number of hydrogen-bond donors (Lipinski definition) is 0. The molecule has 0 bridgehead atoms. The van der Waals surface area contributed by atoms with Crippen LogP contribution >= 0.6 is 0 Å². The van der Waals surface area contributed by atoms with Crippen LogP contribution in [0.1, 0.15) is 26.7 Å². The molecule has 8 nitrogen and oxygen atoms in total. The number of rotatable bonds is 2. The molecule has 0 spiro atoms. The molecule has 0 aromatic heterocycles. The minimum atomic E-state index is -1.39. The van der Waals surface area contributed by atoms with Crippen molar-refractivity contribution in [1.82, 2.24) is 4.90 Å². The van der Waals surface area contributed by atoms with Crippen LogP contribution < -0.4 is 0 Å². The molecule has 8 heteroatoms. The second-order valence-corrected chi connectivity index (χ2v) is 6.46. The number of esters is 2. The number of likely N-dealkylation sites (N-methyl/N-ethyl adjacent to an activating group) is 1. The molecule has 0 atom stereocenters. The van der Waals surface area contributed by atoms with E-state index in [0.717, 1.165) is 16.7 Å². The predicted octanol–water partition coefficient (Wildman–Crippen LogP) is 0.677. The third-order valence-electron chi connectivity index (χ3n) is 4.78. The fourth-order valence-corrected chi connectivity index (χ4v) is 3.50. The van der Waals surface area contributed by atoms with Crippen molar-refractivity contribution in [3.63, 3.8) is 0 Å². The van der Waals surface area contributed by atoms with E-state index in [1.54, 1.807) is 6.92 Å². The quantitative estimate of drug-likeness (QED) is 0.519. The van der Waals surface area contributed by atoms with E-state index >= 15 is 0 Å². The van der Waals surface area contributed by atoms with Crippen molar-refractivity contribution < 1.29 is 33.4 Å². The molecule has 0 aromatic carbocycles. The highest BCUT2D eigenvalue weighted by Crippen LogP contribution is 2.49. The number of allylic oxidation sites excluding steroid dienone is 2. The summed E-state index contributed by atoms with van der Waals surface area (Å²) in [6, 6.07) is 0. The van der Waals surface area contributed by atoms with Gasteiger partial charge in [0.05, 0.1) is 20.8 Å². The van der Waals surface area contributed by atoms with E-state index in [0.29, 0.717) is 18.7 Å². The van der Waals surface area contributed by atoms with Crippen LogP contribution in [0.5, 0.6) is 0 Å². The molecule has 0 N–H and O–H groups in total. The van der Waals surface area contributed by atoms with Gasteiger partial charge in [-0.05, 0) is 44.0 Å². The van der Waals surface area contributed by atoms with Crippen molar-refractivity contribution in [1.29, 1.82) is 0 Å². The van der Waals surface area contributed by atoms with Crippen molar-refractivity contribution in [3.05, 3.63) is 22.3 Å². The normalized spacial score (nSPS) is 19.5. The summed E-state index contributed by atoms with van der Waals surface area (Å²) >= 11 is 0. The maximum absolute atomic E-state index is 12.4. The molecule has 1 fully saturated rings. The summed E-state index contributed by atoms with van der Waals surface area (Å²) < 4.78 is 9.73. The first-order valence-electron chi connectivity index (χ1n) is 7.95. The van der Waals surface area contributed by atoms with Gasteiger partial charge in [0.1, 0.15) is 0 Å². The van der Waals surface area contributed by atoms with Crippen molar-refractivity contribution >= 4 is 23.9 Å². The van der Waals surface area contributed by atoms with Crippen molar-refractivity contribution in [3.8, 4) is 0 Å². The molecule has 1 aliphatic carbocycles. The van der Waals surface area contributed by atoms with Gasteiger partial charge in [-0.15, -0.1) is 0 Å². The number of hydrogen-bond acceptors (Lipinski definition) is 8. The molecule has 0 amide bonds. The predicted molar refractivity (Wildman–Crippen MR) is 88.6 cm³/mol. The molecular weight excluding hydrogens is 342 g/mol. The van der Waals surface area contributed by atoms with Crippen LogP contribution in [-0.4, -0.2) is 63.1 Å². The highest BCUT2D eigenvalue weighted by molar-refractivity contribution is 6.04. The Morgan fingerprint density at radius 1 is 1.00 bits per heavy atom. The molecule has 1 aliphatic heterocycles. The van der Waals surface area contributed by atoms with Crippen LogP contribution in [0.2, 0.25) is 0 Å². The first-order valence-corrected chi connectivity index (χ1v) is 7.95. The second-order valence-electron chi connectivity index (χ2n) is 6.46. The first-order chi connectivity index (χ1) is 12.2. The van der Waals surface area contributed by atoms with Gasteiger partial charge in [-0.25, -0.2) is 0 Å². The number of methoxy groups -OCH3 is 2. The van der Waals surface area contributed by atoms with Gasteiger partial charge in [0.15, 0.2) is 11.2 Å². The molecule has 1 saturated carbocycles. The topological polar surface area (TPSA) is 107 Å². The van der Waals surface area contributed by atoms with Gasteiger partial charge in [-0.1, -0.05) is 5.57 Å². The van der Waals surface area contributed by atoms with Crippen LogP contribution in [0.15, 0.2) is 22.3 Å². The molecule has 0 unspecified atom stereocenters. The number of nitrogens with zero attached hydrogens (tertiary/aromatic N) is 1. The molecule has 2 aliphatic rings. The third kappa shape index (κ3) is 3.98. The molecule has 0 radical (unpaired) electrons. The Morgan fingerprint density at radius 2 is 1.46 bits per heavy atom. The highest BCUT2D eigenvalue weighted by atomic mass is 16.5.